The molecule has 0 bridgehead atoms. The summed E-state index contributed by atoms with van der Waals surface area (Å²) < 4.78 is 21.5. The number of hydrogen-bond acceptors (Lipinski definition) is 4. The molecule has 88 valence electrons. The molecule has 0 spiro atoms. The Balaban J connectivity index is 4.05. The van der Waals surface area contributed by atoms with Crippen LogP contribution in [0.3, 0.4) is 0 Å². The molecule has 15 heavy (non-hydrogen) atoms. The largest absolute Gasteiger partial charge is 0.553 e. The third-order valence-electron chi connectivity index (χ3n) is 1.85. The average molecular weight is 235 g/mol. The first-order chi connectivity index (χ1) is 7.11. The van der Waals surface area contributed by atoms with Crippen LogP contribution in [0.5, 0.6) is 0 Å². The highest BCUT2D eigenvalue weighted by Crippen LogP contribution is 2.33. The molecule has 5 heteroatoms. The van der Waals surface area contributed by atoms with Crippen LogP contribution in [0.25, 0.3) is 0 Å². The highest BCUT2D eigenvalue weighted by atomic mass is 31.1. The monoisotopic (exact) mass is 235 g/mol. The standard InChI is InChI=1S/C10H20O4P/c1-4-6-7-8-10(14-9(3)11)15(12)13-5-2/h10H,4-8H2,1-3H3/q+1. The first kappa shape index (κ1) is 14.5. The summed E-state index contributed by atoms with van der Waals surface area (Å²) in [4.78, 5) is 10.8. The molecule has 0 aliphatic carbocycles. The number of carbonyl (C=O) groups is 1. The van der Waals surface area contributed by atoms with Gasteiger partial charge < -0.3 is 4.74 Å². The zero-order valence-electron chi connectivity index (χ0n) is 9.69. The van der Waals surface area contributed by atoms with Crippen molar-refractivity contribution in [1.82, 2.24) is 0 Å². The van der Waals surface area contributed by atoms with E-state index in [1.807, 2.05) is 0 Å². The minimum atomic E-state index is -1.89. The first-order valence-corrected chi connectivity index (χ1v) is 6.63. The van der Waals surface area contributed by atoms with Crippen LogP contribution in [0.15, 0.2) is 0 Å². The van der Waals surface area contributed by atoms with Crippen molar-refractivity contribution >= 4 is 14.0 Å². The predicted molar refractivity (Wildman–Crippen MR) is 58.9 cm³/mol. The second-order valence-electron chi connectivity index (χ2n) is 3.26. The van der Waals surface area contributed by atoms with E-state index >= 15 is 0 Å². The Kier molecular flexibility index (Phi) is 8.53. The lowest BCUT2D eigenvalue weighted by Crippen LogP contribution is -2.13. The van der Waals surface area contributed by atoms with Crippen molar-refractivity contribution in [2.45, 2.75) is 52.3 Å². The van der Waals surface area contributed by atoms with E-state index in [9.17, 15) is 9.36 Å². The van der Waals surface area contributed by atoms with Crippen molar-refractivity contribution < 1.29 is 18.6 Å². The van der Waals surface area contributed by atoms with E-state index in [0.717, 1.165) is 19.3 Å². The minimum Gasteiger partial charge on any atom is -0.414 e. The lowest BCUT2D eigenvalue weighted by Gasteiger charge is -2.05. The Morgan fingerprint density at radius 2 is 2.00 bits per heavy atom. The van der Waals surface area contributed by atoms with E-state index in [1.54, 1.807) is 6.92 Å². The van der Waals surface area contributed by atoms with Gasteiger partial charge in [-0.3, -0.25) is 4.79 Å². The van der Waals surface area contributed by atoms with Gasteiger partial charge in [0.25, 0.3) is 0 Å². The number of hydrogen-bond donors (Lipinski definition) is 0. The number of ether oxygens (including phenoxy) is 1. The van der Waals surface area contributed by atoms with Gasteiger partial charge in [-0.2, -0.15) is 0 Å². The van der Waals surface area contributed by atoms with Gasteiger partial charge in [0.05, 0.1) is 6.61 Å². The molecule has 0 saturated carbocycles. The maximum atomic E-state index is 11.5. The van der Waals surface area contributed by atoms with E-state index in [-0.39, 0.29) is 0 Å². The van der Waals surface area contributed by atoms with Gasteiger partial charge in [0.15, 0.2) is 0 Å². The summed E-state index contributed by atoms with van der Waals surface area (Å²) >= 11 is 0. The van der Waals surface area contributed by atoms with Crippen LogP contribution in [0.4, 0.5) is 0 Å². The Morgan fingerprint density at radius 1 is 1.33 bits per heavy atom. The maximum Gasteiger partial charge on any atom is 0.553 e. The minimum absolute atomic E-state index is 0.376. The summed E-state index contributed by atoms with van der Waals surface area (Å²) in [7, 11) is -1.89. The zero-order chi connectivity index (χ0) is 11.7. The van der Waals surface area contributed by atoms with Gasteiger partial charge in [0.1, 0.15) is 0 Å². The molecule has 0 saturated heterocycles. The molecule has 0 aliphatic heterocycles. The molecule has 0 aliphatic rings. The van der Waals surface area contributed by atoms with Crippen molar-refractivity contribution in [2.75, 3.05) is 6.61 Å². The van der Waals surface area contributed by atoms with Gasteiger partial charge in [-0.25, -0.2) is 0 Å². The molecule has 0 aromatic heterocycles. The summed E-state index contributed by atoms with van der Waals surface area (Å²) in [6, 6.07) is 0. The number of esters is 1. The highest BCUT2D eigenvalue weighted by molar-refractivity contribution is 7.39. The lowest BCUT2D eigenvalue weighted by molar-refractivity contribution is -0.143. The number of rotatable bonds is 8. The predicted octanol–water partition coefficient (Wildman–Crippen LogP) is 3.23. The van der Waals surface area contributed by atoms with Crippen LogP contribution in [0.2, 0.25) is 0 Å². The molecule has 0 radical (unpaired) electrons. The van der Waals surface area contributed by atoms with Crippen LogP contribution in [0, 0.1) is 0 Å². The second kappa shape index (κ2) is 8.81. The summed E-state index contributed by atoms with van der Waals surface area (Å²) in [5.74, 6) is -0.983. The Labute approximate surface area is 92.2 Å². The molecular formula is C10H20O4P+. The maximum absolute atomic E-state index is 11.5. The van der Waals surface area contributed by atoms with Crippen molar-refractivity contribution in [2.24, 2.45) is 0 Å². The fourth-order valence-corrected chi connectivity index (χ4v) is 2.23. The van der Waals surface area contributed by atoms with E-state index < -0.39 is 19.8 Å². The zero-order valence-corrected chi connectivity index (χ0v) is 10.6. The summed E-state index contributed by atoms with van der Waals surface area (Å²) in [5.41, 5.74) is 0. The van der Waals surface area contributed by atoms with Crippen LogP contribution in [-0.2, 0) is 18.6 Å². The number of unbranched alkanes of at least 4 members (excludes halogenated alkanes) is 2. The summed E-state index contributed by atoms with van der Waals surface area (Å²) in [6.45, 7) is 5.55. The van der Waals surface area contributed by atoms with Crippen molar-refractivity contribution in [1.29, 1.82) is 0 Å². The normalized spacial score (nSPS) is 13.4. The Morgan fingerprint density at radius 3 is 2.47 bits per heavy atom. The van der Waals surface area contributed by atoms with Crippen molar-refractivity contribution in [3.05, 3.63) is 0 Å². The van der Waals surface area contributed by atoms with Gasteiger partial charge in [0, 0.05) is 13.3 Å². The molecule has 4 nitrogen and oxygen atoms in total. The van der Waals surface area contributed by atoms with E-state index in [0.29, 0.717) is 13.0 Å². The second-order valence-corrected chi connectivity index (χ2v) is 4.67. The van der Waals surface area contributed by atoms with Crippen LogP contribution >= 0.6 is 8.03 Å². The molecule has 0 fully saturated rings. The van der Waals surface area contributed by atoms with Gasteiger partial charge in [-0.05, 0) is 17.9 Å². The summed E-state index contributed by atoms with van der Waals surface area (Å²) in [5, 5.41) is 0. The van der Waals surface area contributed by atoms with Gasteiger partial charge >= 0.3 is 19.8 Å². The topological polar surface area (TPSA) is 52.6 Å². The SMILES string of the molecule is CCCCCC(OC(C)=O)[P+](=O)OCC. The smallest absolute Gasteiger partial charge is 0.414 e. The van der Waals surface area contributed by atoms with Gasteiger partial charge in [-0.15, -0.1) is 4.52 Å². The van der Waals surface area contributed by atoms with Gasteiger partial charge in [-0.1, -0.05) is 19.8 Å². The molecule has 0 heterocycles. The lowest BCUT2D eigenvalue weighted by atomic mass is 10.2. The Hall–Kier alpha value is -0.470. The quantitative estimate of drug-likeness (QED) is 0.368. The molecule has 0 amide bonds. The molecule has 0 aromatic carbocycles. The van der Waals surface area contributed by atoms with Crippen LogP contribution in [0.1, 0.15) is 46.5 Å². The van der Waals surface area contributed by atoms with Gasteiger partial charge in [0.2, 0.25) is 0 Å². The molecule has 0 N–H and O–H groups in total. The highest BCUT2D eigenvalue weighted by Gasteiger charge is 2.34. The number of carbonyl (C=O) groups excluding carboxylic acids is 1. The fraction of sp³-hybridized carbons (Fsp3) is 0.900. The Bertz CT molecular complexity index is 206. The van der Waals surface area contributed by atoms with Crippen LogP contribution in [-0.4, -0.2) is 18.4 Å². The fourth-order valence-electron chi connectivity index (χ4n) is 1.18. The molecule has 2 atom stereocenters. The van der Waals surface area contributed by atoms with E-state index in [1.165, 1.54) is 6.92 Å². The molecule has 0 rings (SSSR count). The molecule has 0 aromatic rings. The van der Waals surface area contributed by atoms with Crippen molar-refractivity contribution in [3.63, 3.8) is 0 Å². The van der Waals surface area contributed by atoms with Crippen molar-refractivity contribution in [3.8, 4) is 0 Å². The third kappa shape index (κ3) is 7.46. The molecule has 2 unspecified atom stereocenters. The van der Waals surface area contributed by atoms with E-state index in [4.69, 9.17) is 9.26 Å². The first-order valence-electron chi connectivity index (χ1n) is 5.38. The average Bonchev–Trinajstić information content (AvgIpc) is 2.16. The molecular weight excluding hydrogens is 215 g/mol. The third-order valence-corrected chi connectivity index (χ3v) is 3.19. The van der Waals surface area contributed by atoms with Crippen LogP contribution < -0.4 is 0 Å². The van der Waals surface area contributed by atoms with E-state index in [2.05, 4.69) is 6.92 Å². The summed E-state index contributed by atoms with van der Waals surface area (Å²) in [6.07, 6.45) is 3.65.